The molecule has 1 N–H and O–H groups in total. The van der Waals surface area contributed by atoms with E-state index in [0.717, 1.165) is 15.8 Å². The van der Waals surface area contributed by atoms with Crippen molar-refractivity contribution in [2.45, 2.75) is 20.3 Å². The van der Waals surface area contributed by atoms with Crippen molar-refractivity contribution in [2.75, 3.05) is 5.32 Å². The smallest absolute Gasteiger partial charge is 0.280 e. The Bertz CT molecular complexity index is 1200. The van der Waals surface area contributed by atoms with Gasteiger partial charge in [0.2, 0.25) is 0 Å². The van der Waals surface area contributed by atoms with Crippen molar-refractivity contribution >= 4 is 11.6 Å². The molecule has 0 saturated carbocycles. The summed E-state index contributed by atoms with van der Waals surface area (Å²) < 4.78 is 42.6. The minimum absolute atomic E-state index is 0.217. The first-order chi connectivity index (χ1) is 14.3. The number of aromatic nitrogens is 6. The molecule has 4 aromatic rings. The molecular weight excluding hydrogens is 395 g/mol. The highest BCUT2D eigenvalue weighted by atomic mass is 19.3. The van der Waals surface area contributed by atoms with Crippen molar-refractivity contribution in [1.82, 2.24) is 29.5 Å². The van der Waals surface area contributed by atoms with Crippen molar-refractivity contribution in [3.63, 3.8) is 0 Å². The summed E-state index contributed by atoms with van der Waals surface area (Å²) in [6.07, 6.45) is -1.41. The fourth-order valence-corrected chi connectivity index (χ4v) is 3.20. The normalized spacial score (nSPS) is 11.3. The van der Waals surface area contributed by atoms with E-state index < -0.39 is 6.43 Å². The standard InChI is InChI=1S/C20H18F3N7/c1-11-8-15(19(22)23)30(27-11)17-9-16(24-10-25-17)26-20-12(2)18(28-29(20)3)13-4-6-14(21)7-5-13/h4-10,19H,1-3H3,(H,24,25,26). The number of nitrogens with zero attached hydrogens (tertiary/aromatic N) is 6. The summed E-state index contributed by atoms with van der Waals surface area (Å²) in [7, 11) is 1.76. The van der Waals surface area contributed by atoms with Gasteiger partial charge < -0.3 is 5.32 Å². The SMILES string of the molecule is Cc1cc(C(F)F)n(-c2cc(Nc3c(C)c(-c4ccc(F)cc4)nn3C)ncn2)n1. The molecule has 0 spiro atoms. The molecule has 7 nitrogen and oxygen atoms in total. The van der Waals surface area contributed by atoms with E-state index in [9.17, 15) is 13.2 Å². The number of hydrogen-bond donors (Lipinski definition) is 1. The Balaban J connectivity index is 1.68. The number of hydrogen-bond acceptors (Lipinski definition) is 5. The van der Waals surface area contributed by atoms with E-state index in [1.54, 1.807) is 30.8 Å². The molecule has 30 heavy (non-hydrogen) atoms. The van der Waals surface area contributed by atoms with E-state index in [1.165, 1.54) is 30.6 Å². The second kappa shape index (κ2) is 7.62. The summed E-state index contributed by atoms with van der Waals surface area (Å²) >= 11 is 0. The van der Waals surface area contributed by atoms with Gasteiger partial charge in [-0.3, -0.25) is 4.68 Å². The van der Waals surface area contributed by atoms with Crippen LogP contribution in [0.1, 0.15) is 23.4 Å². The zero-order chi connectivity index (χ0) is 21.4. The van der Waals surface area contributed by atoms with Crippen LogP contribution in [-0.2, 0) is 7.05 Å². The van der Waals surface area contributed by atoms with Crippen molar-refractivity contribution in [1.29, 1.82) is 0 Å². The summed E-state index contributed by atoms with van der Waals surface area (Å²) in [5, 5.41) is 11.8. The van der Waals surface area contributed by atoms with Gasteiger partial charge in [-0.05, 0) is 44.2 Å². The number of nitrogens with one attached hydrogen (secondary N) is 1. The van der Waals surface area contributed by atoms with E-state index in [-0.39, 0.29) is 17.3 Å². The van der Waals surface area contributed by atoms with E-state index >= 15 is 0 Å². The predicted molar refractivity (Wildman–Crippen MR) is 105 cm³/mol. The highest BCUT2D eigenvalue weighted by Crippen LogP contribution is 2.30. The molecule has 0 aliphatic heterocycles. The quantitative estimate of drug-likeness (QED) is 0.522. The molecule has 1 aromatic carbocycles. The second-order valence-electron chi connectivity index (χ2n) is 6.76. The summed E-state index contributed by atoms with van der Waals surface area (Å²) in [5.74, 6) is 0.945. The summed E-state index contributed by atoms with van der Waals surface area (Å²) in [6, 6.07) is 8.91. The minimum atomic E-state index is -2.69. The molecular formula is C20H18F3N7. The van der Waals surface area contributed by atoms with E-state index in [1.807, 2.05) is 6.92 Å². The molecule has 3 aromatic heterocycles. The van der Waals surface area contributed by atoms with Crippen molar-refractivity contribution < 1.29 is 13.2 Å². The third-order valence-corrected chi connectivity index (χ3v) is 4.60. The molecule has 0 bridgehead atoms. The Labute approximate surface area is 170 Å². The molecule has 0 fully saturated rings. The lowest BCUT2D eigenvalue weighted by Gasteiger charge is -2.10. The Morgan fingerprint density at radius 1 is 1.00 bits per heavy atom. The van der Waals surface area contributed by atoms with Gasteiger partial charge in [-0.1, -0.05) is 0 Å². The van der Waals surface area contributed by atoms with Gasteiger partial charge in [0, 0.05) is 24.2 Å². The maximum absolute atomic E-state index is 13.3. The minimum Gasteiger partial charge on any atom is -0.325 e. The largest absolute Gasteiger partial charge is 0.325 e. The van der Waals surface area contributed by atoms with Gasteiger partial charge in [0.25, 0.3) is 6.43 Å². The van der Waals surface area contributed by atoms with Crippen LogP contribution in [0.2, 0.25) is 0 Å². The van der Waals surface area contributed by atoms with E-state index in [4.69, 9.17) is 0 Å². The van der Waals surface area contributed by atoms with Crippen LogP contribution in [-0.4, -0.2) is 29.5 Å². The van der Waals surface area contributed by atoms with Crippen LogP contribution in [0.3, 0.4) is 0 Å². The predicted octanol–water partition coefficient (Wildman–Crippen LogP) is 4.50. The van der Waals surface area contributed by atoms with Crippen LogP contribution in [0, 0.1) is 19.7 Å². The molecule has 0 unspecified atom stereocenters. The maximum atomic E-state index is 13.3. The molecule has 4 rings (SSSR count). The molecule has 0 aliphatic carbocycles. The Morgan fingerprint density at radius 2 is 1.73 bits per heavy atom. The van der Waals surface area contributed by atoms with Gasteiger partial charge in [-0.2, -0.15) is 10.2 Å². The maximum Gasteiger partial charge on any atom is 0.280 e. The van der Waals surface area contributed by atoms with Gasteiger partial charge in [0.05, 0.1) is 11.4 Å². The monoisotopic (exact) mass is 413 g/mol. The van der Waals surface area contributed by atoms with E-state index in [0.29, 0.717) is 23.0 Å². The molecule has 0 atom stereocenters. The molecule has 0 radical (unpaired) electrons. The summed E-state index contributed by atoms with van der Waals surface area (Å²) in [6.45, 7) is 3.51. The highest BCUT2D eigenvalue weighted by Gasteiger charge is 2.19. The number of halogens is 3. The number of alkyl halides is 2. The first-order valence-electron chi connectivity index (χ1n) is 9.07. The van der Waals surface area contributed by atoms with Gasteiger partial charge in [-0.15, -0.1) is 0 Å². The third-order valence-electron chi connectivity index (χ3n) is 4.60. The number of anilines is 2. The van der Waals surface area contributed by atoms with Crippen molar-refractivity contribution in [3.8, 4) is 17.1 Å². The number of benzene rings is 1. The molecule has 0 amide bonds. The van der Waals surface area contributed by atoms with Gasteiger partial charge in [0.1, 0.15) is 29.5 Å². The average molecular weight is 413 g/mol. The lowest BCUT2D eigenvalue weighted by Crippen LogP contribution is -2.07. The molecule has 0 saturated heterocycles. The zero-order valence-corrected chi connectivity index (χ0v) is 16.4. The van der Waals surface area contributed by atoms with Gasteiger partial charge in [-0.25, -0.2) is 27.8 Å². The number of aryl methyl sites for hydroxylation is 2. The fourth-order valence-electron chi connectivity index (χ4n) is 3.20. The molecule has 154 valence electrons. The zero-order valence-electron chi connectivity index (χ0n) is 16.4. The average Bonchev–Trinajstić information content (AvgIpc) is 3.24. The molecule has 10 heteroatoms. The lowest BCUT2D eigenvalue weighted by molar-refractivity contribution is 0.142. The molecule has 3 heterocycles. The first kappa shape index (κ1) is 19.6. The van der Waals surface area contributed by atoms with Crippen LogP contribution in [0.25, 0.3) is 17.1 Å². The van der Waals surface area contributed by atoms with Crippen LogP contribution < -0.4 is 5.32 Å². The van der Waals surface area contributed by atoms with Gasteiger partial charge in [0.15, 0.2) is 5.82 Å². The first-order valence-corrected chi connectivity index (χ1v) is 9.07. The third kappa shape index (κ3) is 3.63. The van der Waals surface area contributed by atoms with Crippen molar-refractivity contribution in [2.24, 2.45) is 7.05 Å². The summed E-state index contributed by atoms with van der Waals surface area (Å²) in [5.41, 5.74) is 2.51. The second-order valence-corrected chi connectivity index (χ2v) is 6.76. The Kier molecular flexibility index (Phi) is 4.98. The van der Waals surface area contributed by atoms with E-state index in [2.05, 4.69) is 25.5 Å². The highest BCUT2D eigenvalue weighted by molar-refractivity contribution is 5.71. The van der Waals surface area contributed by atoms with Crippen LogP contribution in [0.4, 0.5) is 24.8 Å². The van der Waals surface area contributed by atoms with Gasteiger partial charge >= 0.3 is 0 Å². The topological polar surface area (TPSA) is 73.5 Å². The number of rotatable bonds is 5. The van der Waals surface area contributed by atoms with Crippen LogP contribution >= 0.6 is 0 Å². The fraction of sp³-hybridized carbons (Fsp3) is 0.200. The van der Waals surface area contributed by atoms with Crippen LogP contribution in [0.5, 0.6) is 0 Å². The Hall–Kier alpha value is -3.69. The molecule has 0 aliphatic rings. The summed E-state index contributed by atoms with van der Waals surface area (Å²) in [4.78, 5) is 8.25. The van der Waals surface area contributed by atoms with Crippen LogP contribution in [0.15, 0.2) is 42.7 Å². The van der Waals surface area contributed by atoms with Crippen molar-refractivity contribution in [3.05, 3.63) is 65.5 Å². The lowest BCUT2D eigenvalue weighted by atomic mass is 10.1. The Morgan fingerprint density at radius 3 is 2.43 bits per heavy atom.